The molecule has 2 aliphatic rings. The van der Waals surface area contributed by atoms with E-state index in [1.54, 1.807) is 35.2 Å². The van der Waals surface area contributed by atoms with Crippen molar-refractivity contribution in [1.82, 2.24) is 9.88 Å². The summed E-state index contributed by atoms with van der Waals surface area (Å²) in [4.78, 5) is 47.8. The summed E-state index contributed by atoms with van der Waals surface area (Å²) in [7, 11) is 0. The minimum absolute atomic E-state index is 0.164. The number of aromatic nitrogens is 1. The van der Waals surface area contributed by atoms with Gasteiger partial charge in [-0.3, -0.25) is 14.4 Å². The SMILES string of the molecule is O=C(c1ccc2c(c1)C(=O)N(c1ccccn1)C2=O)N1CCN(c2ccccc2Cl)CC1. The maximum atomic E-state index is 13.1. The van der Waals surface area contributed by atoms with Crippen LogP contribution in [0.15, 0.2) is 66.9 Å². The summed E-state index contributed by atoms with van der Waals surface area (Å²) in [5.41, 5.74) is 1.85. The second kappa shape index (κ2) is 8.09. The molecule has 0 radical (unpaired) electrons. The van der Waals surface area contributed by atoms with E-state index in [1.807, 2.05) is 24.3 Å². The Balaban J connectivity index is 1.33. The third-order valence-corrected chi connectivity index (χ3v) is 6.09. The smallest absolute Gasteiger partial charge is 0.267 e. The highest BCUT2D eigenvalue weighted by molar-refractivity contribution is 6.34. The first-order valence-corrected chi connectivity index (χ1v) is 10.6. The quantitative estimate of drug-likeness (QED) is 0.576. The molecule has 32 heavy (non-hydrogen) atoms. The number of para-hydroxylation sites is 1. The highest BCUT2D eigenvalue weighted by atomic mass is 35.5. The predicted molar refractivity (Wildman–Crippen MR) is 121 cm³/mol. The van der Waals surface area contributed by atoms with Crippen molar-refractivity contribution in [3.05, 3.63) is 88.6 Å². The van der Waals surface area contributed by atoms with Gasteiger partial charge in [0.15, 0.2) is 0 Å². The Bertz CT molecular complexity index is 1220. The van der Waals surface area contributed by atoms with Crippen LogP contribution in [0.2, 0.25) is 5.02 Å². The first-order chi connectivity index (χ1) is 15.5. The van der Waals surface area contributed by atoms with E-state index in [-0.39, 0.29) is 22.9 Å². The van der Waals surface area contributed by atoms with Crippen LogP contribution >= 0.6 is 11.6 Å². The molecule has 1 fully saturated rings. The number of anilines is 2. The number of hydrogen-bond donors (Lipinski definition) is 0. The van der Waals surface area contributed by atoms with Crippen LogP contribution in [0.25, 0.3) is 0 Å². The van der Waals surface area contributed by atoms with Crippen molar-refractivity contribution in [1.29, 1.82) is 0 Å². The molecule has 2 aliphatic heterocycles. The van der Waals surface area contributed by atoms with Crippen molar-refractivity contribution < 1.29 is 14.4 Å². The third-order valence-electron chi connectivity index (χ3n) is 5.77. The average Bonchev–Trinajstić information content (AvgIpc) is 3.09. The molecule has 0 saturated carbocycles. The fraction of sp³-hybridized carbons (Fsp3) is 0.167. The number of pyridine rings is 1. The van der Waals surface area contributed by atoms with E-state index in [1.165, 1.54) is 12.3 Å². The number of hydrogen-bond acceptors (Lipinski definition) is 5. The molecule has 3 heterocycles. The lowest BCUT2D eigenvalue weighted by Crippen LogP contribution is -2.48. The van der Waals surface area contributed by atoms with Crippen LogP contribution in [0.1, 0.15) is 31.1 Å². The van der Waals surface area contributed by atoms with Gasteiger partial charge >= 0.3 is 0 Å². The van der Waals surface area contributed by atoms with Gasteiger partial charge in [-0.1, -0.05) is 29.8 Å². The second-order valence-electron chi connectivity index (χ2n) is 7.62. The van der Waals surface area contributed by atoms with Crippen LogP contribution < -0.4 is 9.80 Å². The largest absolute Gasteiger partial charge is 0.367 e. The van der Waals surface area contributed by atoms with Crippen molar-refractivity contribution in [3.63, 3.8) is 0 Å². The molecule has 0 atom stereocenters. The first kappa shape index (κ1) is 20.2. The van der Waals surface area contributed by atoms with Crippen LogP contribution in [-0.4, -0.2) is 53.8 Å². The zero-order valence-corrected chi connectivity index (χ0v) is 17.8. The lowest BCUT2D eigenvalue weighted by molar-refractivity contribution is 0.0746. The fourth-order valence-corrected chi connectivity index (χ4v) is 4.36. The molecule has 2 aromatic carbocycles. The van der Waals surface area contributed by atoms with E-state index in [9.17, 15) is 14.4 Å². The molecule has 0 aliphatic carbocycles. The molecule has 1 aromatic heterocycles. The minimum atomic E-state index is -0.470. The fourth-order valence-electron chi connectivity index (χ4n) is 4.11. The monoisotopic (exact) mass is 446 g/mol. The summed E-state index contributed by atoms with van der Waals surface area (Å²) in [5.74, 6) is -0.802. The topological polar surface area (TPSA) is 73.8 Å². The molecule has 5 rings (SSSR count). The number of halogens is 1. The van der Waals surface area contributed by atoms with Gasteiger partial charge in [0, 0.05) is 37.9 Å². The molecule has 0 unspecified atom stereocenters. The van der Waals surface area contributed by atoms with Gasteiger partial charge in [0.1, 0.15) is 5.82 Å². The third kappa shape index (κ3) is 3.40. The van der Waals surface area contributed by atoms with Gasteiger partial charge in [-0.25, -0.2) is 9.88 Å². The highest BCUT2D eigenvalue weighted by Crippen LogP contribution is 2.29. The summed E-state index contributed by atoms with van der Waals surface area (Å²) >= 11 is 6.30. The van der Waals surface area contributed by atoms with Gasteiger partial charge in [0.05, 0.1) is 21.8 Å². The highest BCUT2D eigenvalue weighted by Gasteiger charge is 2.38. The summed E-state index contributed by atoms with van der Waals surface area (Å²) in [5, 5.41) is 0.687. The van der Waals surface area contributed by atoms with Crippen molar-refractivity contribution in [2.24, 2.45) is 0 Å². The van der Waals surface area contributed by atoms with E-state index in [4.69, 9.17) is 11.6 Å². The molecule has 1 saturated heterocycles. The van der Waals surface area contributed by atoms with E-state index in [2.05, 4.69) is 9.88 Å². The summed E-state index contributed by atoms with van der Waals surface area (Å²) < 4.78 is 0. The van der Waals surface area contributed by atoms with Crippen LogP contribution in [0.4, 0.5) is 11.5 Å². The number of nitrogens with zero attached hydrogens (tertiary/aromatic N) is 4. The van der Waals surface area contributed by atoms with Crippen LogP contribution in [0, 0.1) is 0 Å². The first-order valence-electron chi connectivity index (χ1n) is 10.3. The molecular weight excluding hydrogens is 428 g/mol. The summed E-state index contributed by atoms with van der Waals surface area (Å²) in [6.07, 6.45) is 1.52. The number of rotatable bonds is 3. The van der Waals surface area contributed by atoms with E-state index >= 15 is 0 Å². The summed E-state index contributed by atoms with van der Waals surface area (Å²) in [6.45, 7) is 2.39. The maximum Gasteiger partial charge on any atom is 0.267 e. The standard InChI is InChI=1S/C24H19ClN4O3/c25-19-5-1-2-6-20(19)27-11-13-28(14-12-27)22(30)16-8-9-17-18(15-16)24(32)29(23(17)31)21-7-3-4-10-26-21/h1-10,15H,11-14H2. The molecule has 0 N–H and O–H groups in total. The Morgan fingerprint density at radius 2 is 1.56 bits per heavy atom. The number of piperazine rings is 1. The molecule has 3 amide bonds. The van der Waals surface area contributed by atoms with Crippen molar-refractivity contribution in [3.8, 4) is 0 Å². The van der Waals surface area contributed by atoms with Crippen LogP contribution in [-0.2, 0) is 0 Å². The number of fused-ring (bicyclic) bond motifs is 1. The van der Waals surface area contributed by atoms with Crippen molar-refractivity contribution >= 4 is 40.8 Å². The van der Waals surface area contributed by atoms with E-state index in [0.29, 0.717) is 36.8 Å². The average molecular weight is 447 g/mol. The summed E-state index contributed by atoms with van der Waals surface area (Å²) in [6, 6.07) is 17.3. The number of imide groups is 1. The Morgan fingerprint density at radius 3 is 2.28 bits per heavy atom. The zero-order valence-electron chi connectivity index (χ0n) is 17.1. The Morgan fingerprint density at radius 1 is 0.844 bits per heavy atom. The lowest BCUT2D eigenvalue weighted by Gasteiger charge is -2.36. The minimum Gasteiger partial charge on any atom is -0.367 e. The normalized spacial score (nSPS) is 15.8. The van der Waals surface area contributed by atoms with Crippen molar-refractivity contribution in [2.45, 2.75) is 0 Å². The molecule has 8 heteroatoms. The molecule has 0 spiro atoms. The number of amides is 3. The number of carbonyl (C=O) groups is 3. The number of carbonyl (C=O) groups excluding carboxylic acids is 3. The van der Waals surface area contributed by atoms with Gasteiger partial charge < -0.3 is 9.80 Å². The predicted octanol–water partition coefficient (Wildman–Crippen LogP) is 3.50. The van der Waals surface area contributed by atoms with E-state index in [0.717, 1.165) is 10.6 Å². The van der Waals surface area contributed by atoms with Gasteiger partial charge in [-0.2, -0.15) is 0 Å². The Labute approximate surface area is 189 Å². The number of benzene rings is 2. The Hall–Kier alpha value is -3.71. The van der Waals surface area contributed by atoms with Gasteiger partial charge in [-0.05, 0) is 42.5 Å². The molecule has 7 nitrogen and oxygen atoms in total. The zero-order chi connectivity index (χ0) is 22.2. The molecule has 0 bridgehead atoms. The molecule has 3 aromatic rings. The second-order valence-corrected chi connectivity index (χ2v) is 8.03. The van der Waals surface area contributed by atoms with Crippen LogP contribution in [0.5, 0.6) is 0 Å². The van der Waals surface area contributed by atoms with Gasteiger partial charge in [-0.15, -0.1) is 0 Å². The van der Waals surface area contributed by atoms with Crippen LogP contribution in [0.3, 0.4) is 0 Å². The van der Waals surface area contributed by atoms with Gasteiger partial charge in [0.25, 0.3) is 17.7 Å². The Kier molecular flexibility index (Phi) is 5.11. The lowest BCUT2D eigenvalue weighted by atomic mass is 10.0. The molecule has 160 valence electrons. The molecular formula is C24H19ClN4O3. The van der Waals surface area contributed by atoms with E-state index < -0.39 is 11.8 Å². The maximum absolute atomic E-state index is 13.1. The van der Waals surface area contributed by atoms with Gasteiger partial charge in [0.2, 0.25) is 0 Å². The van der Waals surface area contributed by atoms with Crippen molar-refractivity contribution in [2.75, 3.05) is 36.0 Å².